The molecule has 0 amide bonds. The van der Waals surface area contributed by atoms with Crippen LogP contribution < -0.4 is 0 Å². The van der Waals surface area contributed by atoms with Gasteiger partial charge in [-0.15, -0.1) is 11.8 Å². The topological polar surface area (TPSA) is 53.8 Å². The summed E-state index contributed by atoms with van der Waals surface area (Å²) >= 11 is 1.60. The quantitative estimate of drug-likeness (QED) is 0.440. The molecule has 0 bridgehead atoms. The van der Waals surface area contributed by atoms with Gasteiger partial charge in [0.1, 0.15) is 11.1 Å². The highest BCUT2D eigenvalue weighted by Gasteiger charge is 2.15. The molecule has 1 aromatic carbocycles. The zero-order chi connectivity index (χ0) is 16.8. The summed E-state index contributed by atoms with van der Waals surface area (Å²) in [6.45, 7) is 0. The van der Waals surface area contributed by atoms with Crippen molar-refractivity contribution < 1.29 is 4.79 Å². The van der Waals surface area contributed by atoms with E-state index in [4.69, 9.17) is 4.98 Å². The number of hydrogen-bond donors (Lipinski definition) is 0. The number of nitrogens with zero attached hydrogens (tertiary/aromatic N) is 2. The summed E-state index contributed by atoms with van der Waals surface area (Å²) in [6.07, 6.45) is 5.75. The third-order valence-corrected chi connectivity index (χ3v) is 5.35. The lowest BCUT2D eigenvalue weighted by molar-refractivity contribution is 0.0982. The Morgan fingerprint density at radius 3 is 2.79 bits per heavy atom. The van der Waals surface area contributed by atoms with E-state index in [9.17, 15) is 10.1 Å². The maximum Gasteiger partial charge on any atom is 0.162 e. The smallest absolute Gasteiger partial charge is 0.162 e. The second kappa shape index (κ2) is 8.12. The number of thioether (sulfide) groups is 1. The van der Waals surface area contributed by atoms with Crippen LogP contribution in [0.15, 0.2) is 41.4 Å². The lowest BCUT2D eigenvalue weighted by Gasteiger charge is -2.16. The second-order valence-electron chi connectivity index (χ2n) is 6.01. The first-order chi connectivity index (χ1) is 11.8. The molecule has 1 aliphatic rings. The van der Waals surface area contributed by atoms with Crippen molar-refractivity contribution in [2.45, 2.75) is 43.6 Å². The van der Waals surface area contributed by atoms with Gasteiger partial charge in [0.2, 0.25) is 0 Å². The summed E-state index contributed by atoms with van der Waals surface area (Å²) in [7, 11) is 0. The van der Waals surface area contributed by atoms with E-state index >= 15 is 0 Å². The van der Waals surface area contributed by atoms with Gasteiger partial charge in [0, 0.05) is 17.7 Å². The summed E-state index contributed by atoms with van der Waals surface area (Å²) < 4.78 is 0. The highest BCUT2D eigenvalue weighted by atomic mass is 32.2. The Balaban J connectivity index is 1.57. The molecule has 1 aliphatic carbocycles. The fourth-order valence-corrected chi connectivity index (χ4v) is 3.89. The summed E-state index contributed by atoms with van der Waals surface area (Å²) in [5.74, 6) is 0.981. The van der Waals surface area contributed by atoms with Crippen molar-refractivity contribution in [1.29, 1.82) is 5.26 Å². The number of fused-ring (bicyclic) bond motifs is 1. The van der Waals surface area contributed by atoms with Crippen LogP contribution in [0.2, 0.25) is 0 Å². The molecule has 0 unspecified atom stereocenters. The third kappa shape index (κ3) is 4.04. The molecule has 122 valence electrons. The van der Waals surface area contributed by atoms with Crippen LogP contribution in [-0.4, -0.2) is 16.5 Å². The molecule has 0 spiro atoms. The zero-order valence-electron chi connectivity index (χ0n) is 13.6. The zero-order valence-corrected chi connectivity index (χ0v) is 14.4. The molecule has 0 atom stereocenters. The van der Waals surface area contributed by atoms with Gasteiger partial charge in [-0.1, -0.05) is 30.3 Å². The van der Waals surface area contributed by atoms with E-state index in [1.807, 2.05) is 36.4 Å². The predicted molar refractivity (Wildman–Crippen MR) is 96.3 cm³/mol. The van der Waals surface area contributed by atoms with Crippen LogP contribution >= 0.6 is 11.8 Å². The Morgan fingerprint density at radius 2 is 2.00 bits per heavy atom. The largest absolute Gasteiger partial charge is 0.294 e. The van der Waals surface area contributed by atoms with E-state index in [1.165, 1.54) is 18.4 Å². The highest BCUT2D eigenvalue weighted by Crippen LogP contribution is 2.27. The SMILES string of the molecule is N#Cc1cc2c(nc1SCCCC(=O)c1ccccc1)CCCC2. The lowest BCUT2D eigenvalue weighted by atomic mass is 9.95. The van der Waals surface area contributed by atoms with E-state index < -0.39 is 0 Å². The molecule has 0 N–H and O–H groups in total. The molecule has 0 fully saturated rings. The minimum absolute atomic E-state index is 0.176. The van der Waals surface area contributed by atoms with Crippen LogP contribution in [0.4, 0.5) is 0 Å². The number of rotatable bonds is 6. The number of carbonyl (C=O) groups excluding carboxylic acids is 1. The van der Waals surface area contributed by atoms with E-state index in [0.29, 0.717) is 12.0 Å². The average Bonchev–Trinajstić information content (AvgIpc) is 2.65. The van der Waals surface area contributed by atoms with Crippen LogP contribution in [0.3, 0.4) is 0 Å². The van der Waals surface area contributed by atoms with Crippen molar-refractivity contribution in [1.82, 2.24) is 4.98 Å². The molecular weight excluding hydrogens is 316 g/mol. The van der Waals surface area contributed by atoms with Crippen molar-refractivity contribution in [2.24, 2.45) is 0 Å². The Kier molecular flexibility index (Phi) is 5.66. The Labute approximate surface area is 147 Å². The number of Topliss-reactive ketones (excluding diaryl/α,β-unsaturated/α-hetero) is 1. The minimum Gasteiger partial charge on any atom is -0.294 e. The molecular formula is C20H20N2OS. The molecule has 1 aromatic heterocycles. The Hall–Kier alpha value is -2.12. The van der Waals surface area contributed by atoms with Gasteiger partial charge in [-0.25, -0.2) is 4.98 Å². The maximum atomic E-state index is 12.1. The number of benzene rings is 1. The van der Waals surface area contributed by atoms with Crippen molar-refractivity contribution in [2.75, 3.05) is 5.75 Å². The molecule has 3 nitrogen and oxygen atoms in total. The highest BCUT2D eigenvalue weighted by molar-refractivity contribution is 7.99. The summed E-state index contributed by atoms with van der Waals surface area (Å²) in [4.78, 5) is 16.8. The van der Waals surface area contributed by atoms with Gasteiger partial charge < -0.3 is 0 Å². The third-order valence-electron chi connectivity index (χ3n) is 4.27. The van der Waals surface area contributed by atoms with E-state index in [-0.39, 0.29) is 5.78 Å². The average molecular weight is 336 g/mol. The summed E-state index contributed by atoms with van der Waals surface area (Å²) in [6, 6.07) is 13.7. The first-order valence-corrected chi connectivity index (χ1v) is 9.40. The van der Waals surface area contributed by atoms with Crippen molar-refractivity contribution in [3.63, 3.8) is 0 Å². The number of aryl methyl sites for hydroxylation is 2. The van der Waals surface area contributed by atoms with Gasteiger partial charge in [0.05, 0.1) is 5.56 Å². The number of aromatic nitrogens is 1. The van der Waals surface area contributed by atoms with Gasteiger partial charge >= 0.3 is 0 Å². The summed E-state index contributed by atoms with van der Waals surface area (Å²) in [5, 5.41) is 10.2. The van der Waals surface area contributed by atoms with E-state index in [0.717, 1.165) is 41.3 Å². The van der Waals surface area contributed by atoms with Crippen LogP contribution in [0, 0.1) is 11.3 Å². The number of ketones is 1. The number of carbonyl (C=O) groups is 1. The maximum absolute atomic E-state index is 12.1. The fraction of sp³-hybridized carbons (Fsp3) is 0.350. The minimum atomic E-state index is 0.176. The van der Waals surface area contributed by atoms with Crippen LogP contribution in [0.25, 0.3) is 0 Å². The van der Waals surface area contributed by atoms with Crippen LogP contribution in [0.5, 0.6) is 0 Å². The first kappa shape index (κ1) is 16.7. The standard InChI is InChI=1S/C20H20N2OS/c21-14-17-13-16-9-4-5-10-18(16)22-20(17)24-12-6-11-19(23)15-7-2-1-3-8-15/h1-3,7-8,13H,4-6,9-12H2. The van der Waals surface area contributed by atoms with Crippen molar-refractivity contribution >= 4 is 17.5 Å². The molecule has 0 radical (unpaired) electrons. The number of pyridine rings is 1. The molecule has 0 aliphatic heterocycles. The Morgan fingerprint density at radius 1 is 1.21 bits per heavy atom. The van der Waals surface area contributed by atoms with Gasteiger partial charge in [0.25, 0.3) is 0 Å². The summed E-state index contributed by atoms with van der Waals surface area (Å²) in [5.41, 5.74) is 3.84. The lowest BCUT2D eigenvalue weighted by Crippen LogP contribution is -2.07. The molecule has 3 rings (SSSR count). The second-order valence-corrected chi connectivity index (χ2v) is 7.09. The monoisotopic (exact) mass is 336 g/mol. The van der Waals surface area contributed by atoms with Crippen molar-refractivity contribution in [3.05, 3.63) is 58.8 Å². The fourth-order valence-electron chi connectivity index (χ4n) is 2.97. The normalized spacial score (nSPS) is 13.1. The van der Waals surface area contributed by atoms with Gasteiger partial charge in [0.15, 0.2) is 5.78 Å². The molecule has 0 saturated heterocycles. The molecule has 2 aromatic rings. The molecule has 1 heterocycles. The van der Waals surface area contributed by atoms with Crippen molar-refractivity contribution in [3.8, 4) is 6.07 Å². The van der Waals surface area contributed by atoms with Gasteiger partial charge in [-0.05, 0) is 49.5 Å². The molecule has 0 saturated carbocycles. The van der Waals surface area contributed by atoms with Gasteiger partial charge in [-0.2, -0.15) is 5.26 Å². The number of nitriles is 1. The van der Waals surface area contributed by atoms with E-state index in [2.05, 4.69) is 6.07 Å². The number of hydrogen-bond acceptors (Lipinski definition) is 4. The molecule has 24 heavy (non-hydrogen) atoms. The van der Waals surface area contributed by atoms with E-state index in [1.54, 1.807) is 11.8 Å². The van der Waals surface area contributed by atoms with Crippen LogP contribution in [-0.2, 0) is 12.8 Å². The predicted octanol–water partition coefficient (Wildman–Crippen LogP) is 4.59. The first-order valence-electron chi connectivity index (χ1n) is 8.42. The molecule has 4 heteroatoms. The van der Waals surface area contributed by atoms with Crippen LogP contribution in [0.1, 0.15) is 52.9 Å². The Bertz CT molecular complexity index is 765. The van der Waals surface area contributed by atoms with Gasteiger partial charge in [-0.3, -0.25) is 4.79 Å².